The van der Waals surface area contributed by atoms with Crippen LogP contribution in [0.3, 0.4) is 0 Å². The molecular weight excluding hydrogens is 349 g/mol. The predicted molar refractivity (Wildman–Crippen MR) is 98.9 cm³/mol. The molecule has 3 rings (SSSR count). The molecule has 1 saturated carbocycles. The number of oxazole rings is 1. The van der Waals surface area contributed by atoms with Gasteiger partial charge in [-0.05, 0) is 32.6 Å². The van der Waals surface area contributed by atoms with E-state index < -0.39 is 0 Å². The van der Waals surface area contributed by atoms with Crippen molar-refractivity contribution >= 4 is 30.7 Å². The summed E-state index contributed by atoms with van der Waals surface area (Å²) in [6.45, 7) is 2.02. The van der Waals surface area contributed by atoms with Crippen LogP contribution in [0.1, 0.15) is 41.7 Å². The number of aryl methyl sites for hydroxylation is 1. The molecule has 0 aliphatic heterocycles. The van der Waals surface area contributed by atoms with Crippen LogP contribution in [0.5, 0.6) is 0 Å². The third kappa shape index (κ3) is 4.72. The second-order valence-corrected chi connectivity index (χ2v) is 5.98. The van der Waals surface area contributed by atoms with Crippen LogP contribution < -0.4 is 11.1 Å². The van der Waals surface area contributed by atoms with Crippen molar-refractivity contribution in [3.8, 4) is 11.3 Å². The average molecular weight is 372 g/mol. The second-order valence-electron chi connectivity index (χ2n) is 5.98. The average Bonchev–Trinajstić information content (AvgIpc) is 3.00. The van der Waals surface area contributed by atoms with Crippen LogP contribution in [0, 0.1) is 6.92 Å². The number of nitrogens with two attached hydrogens (primary N) is 1. The zero-order chi connectivity index (χ0) is 15.5. The number of hydrogen-bond donors (Lipinski definition) is 2. The molecule has 7 heteroatoms. The summed E-state index contributed by atoms with van der Waals surface area (Å²) in [6, 6.07) is 8.29. The van der Waals surface area contributed by atoms with Crippen LogP contribution in [0.4, 0.5) is 0 Å². The first-order valence-corrected chi connectivity index (χ1v) is 7.70. The quantitative estimate of drug-likeness (QED) is 0.864. The van der Waals surface area contributed by atoms with Crippen LogP contribution >= 0.6 is 24.8 Å². The number of carbonyl (C=O) groups excluding carboxylic acids is 1. The molecule has 0 atom stereocenters. The number of halogens is 2. The normalized spacial score (nSPS) is 19.8. The second kappa shape index (κ2) is 9.06. The van der Waals surface area contributed by atoms with Gasteiger partial charge in [-0.3, -0.25) is 4.79 Å². The van der Waals surface area contributed by atoms with Crippen molar-refractivity contribution in [1.82, 2.24) is 10.3 Å². The number of nitrogens with one attached hydrogen (secondary N) is 1. The molecule has 0 radical (unpaired) electrons. The first kappa shape index (κ1) is 20.5. The first-order valence-electron chi connectivity index (χ1n) is 7.70. The minimum atomic E-state index is -0.176. The number of aromatic nitrogens is 1. The van der Waals surface area contributed by atoms with E-state index in [1.54, 1.807) is 0 Å². The summed E-state index contributed by atoms with van der Waals surface area (Å²) in [5, 5.41) is 3.05. The van der Waals surface area contributed by atoms with E-state index >= 15 is 0 Å². The van der Waals surface area contributed by atoms with E-state index in [-0.39, 0.29) is 42.8 Å². The van der Waals surface area contributed by atoms with E-state index in [2.05, 4.69) is 10.3 Å². The summed E-state index contributed by atoms with van der Waals surface area (Å²) in [7, 11) is 0. The van der Waals surface area contributed by atoms with Crippen LogP contribution in [-0.4, -0.2) is 23.0 Å². The van der Waals surface area contributed by atoms with E-state index in [4.69, 9.17) is 10.2 Å². The molecule has 132 valence electrons. The lowest BCUT2D eigenvalue weighted by molar-refractivity contribution is 0.0921. The van der Waals surface area contributed by atoms with Crippen LogP contribution in [0.2, 0.25) is 0 Å². The van der Waals surface area contributed by atoms with E-state index in [1.807, 2.05) is 31.2 Å². The summed E-state index contributed by atoms with van der Waals surface area (Å²) in [5.41, 5.74) is 8.26. The summed E-state index contributed by atoms with van der Waals surface area (Å²) in [5.74, 6) is 0.342. The number of carbonyl (C=O) groups is 1. The molecule has 2 aromatic rings. The number of rotatable bonds is 3. The van der Waals surface area contributed by atoms with Gasteiger partial charge in [0, 0.05) is 17.6 Å². The van der Waals surface area contributed by atoms with Crippen molar-refractivity contribution < 1.29 is 9.21 Å². The van der Waals surface area contributed by atoms with Gasteiger partial charge in [-0.25, -0.2) is 4.98 Å². The molecule has 1 heterocycles. The minimum absolute atomic E-state index is 0. The molecule has 0 bridgehead atoms. The SMILES string of the molecule is Cc1ccc(-c2ocnc2C(=O)NC2CCC(N)CC2)cc1.Cl.Cl. The molecule has 1 aliphatic rings. The van der Waals surface area contributed by atoms with Gasteiger partial charge in [-0.15, -0.1) is 24.8 Å². The fourth-order valence-electron chi connectivity index (χ4n) is 2.83. The van der Waals surface area contributed by atoms with Crippen LogP contribution in [0.15, 0.2) is 35.1 Å². The molecule has 0 unspecified atom stereocenters. The van der Waals surface area contributed by atoms with Gasteiger partial charge < -0.3 is 15.5 Å². The molecule has 1 aliphatic carbocycles. The highest BCUT2D eigenvalue weighted by Crippen LogP contribution is 2.24. The Morgan fingerprint density at radius 1 is 1.17 bits per heavy atom. The zero-order valence-electron chi connectivity index (χ0n) is 13.5. The Bertz CT molecular complexity index is 650. The largest absolute Gasteiger partial charge is 0.443 e. The van der Waals surface area contributed by atoms with Gasteiger partial charge in [0.1, 0.15) is 0 Å². The smallest absolute Gasteiger partial charge is 0.274 e. The first-order chi connectivity index (χ1) is 10.6. The van der Waals surface area contributed by atoms with Gasteiger partial charge in [-0.1, -0.05) is 29.8 Å². The number of benzene rings is 1. The summed E-state index contributed by atoms with van der Waals surface area (Å²) in [4.78, 5) is 16.5. The lowest BCUT2D eigenvalue weighted by Crippen LogP contribution is -2.40. The standard InChI is InChI=1S/C17H21N3O2.2ClH/c1-11-2-4-12(5-3-11)16-15(19-10-22-16)17(21)20-14-8-6-13(18)7-9-14;;/h2-5,10,13-14H,6-9,18H2,1H3,(H,20,21);2*1H. The topological polar surface area (TPSA) is 81.2 Å². The number of nitrogens with zero attached hydrogens (tertiary/aromatic N) is 1. The summed E-state index contributed by atoms with van der Waals surface area (Å²) < 4.78 is 5.43. The molecular formula is C17H23Cl2N3O2. The molecule has 24 heavy (non-hydrogen) atoms. The third-order valence-electron chi connectivity index (χ3n) is 4.20. The molecule has 0 spiro atoms. The predicted octanol–water partition coefficient (Wildman–Crippen LogP) is 3.49. The van der Waals surface area contributed by atoms with Gasteiger partial charge in [-0.2, -0.15) is 0 Å². The monoisotopic (exact) mass is 371 g/mol. The Morgan fingerprint density at radius 2 is 1.79 bits per heavy atom. The maximum atomic E-state index is 12.5. The van der Waals surface area contributed by atoms with Crippen molar-refractivity contribution in [2.45, 2.75) is 44.7 Å². The number of amides is 1. The Labute approximate surface area is 154 Å². The molecule has 1 amide bonds. The van der Waals surface area contributed by atoms with E-state index in [0.29, 0.717) is 11.5 Å². The zero-order valence-corrected chi connectivity index (χ0v) is 15.2. The molecule has 5 nitrogen and oxygen atoms in total. The van der Waals surface area contributed by atoms with Gasteiger partial charge in [0.15, 0.2) is 17.8 Å². The van der Waals surface area contributed by atoms with Crippen molar-refractivity contribution in [2.75, 3.05) is 0 Å². The molecule has 1 aromatic heterocycles. The van der Waals surface area contributed by atoms with Gasteiger partial charge in [0.25, 0.3) is 5.91 Å². The summed E-state index contributed by atoms with van der Waals surface area (Å²) in [6.07, 6.45) is 5.07. The molecule has 1 fully saturated rings. The highest BCUT2D eigenvalue weighted by atomic mass is 35.5. The van der Waals surface area contributed by atoms with Crippen molar-refractivity contribution in [1.29, 1.82) is 0 Å². The maximum Gasteiger partial charge on any atom is 0.274 e. The molecule has 0 saturated heterocycles. The lowest BCUT2D eigenvalue weighted by Gasteiger charge is -2.26. The maximum absolute atomic E-state index is 12.5. The van der Waals surface area contributed by atoms with Crippen molar-refractivity contribution in [3.63, 3.8) is 0 Å². The highest BCUT2D eigenvalue weighted by Gasteiger charge is 2.24. The van der Waals surface area contributed by atoms with Gasteiger partial charge in [0.05, 0.1) is 0 Å². The van der Waals surface area contributed by atoms with Gasteiger partial charge in [0.2, 0.25) is 0 Å². The van der Waals surface area contributed by atoms with E-state index in [0.717, 1.165) is 36.8 Å². The van der Waals surface area contributed by atoms with Crippen LogP contribution in [-0.2, 0) is 0 Å². The van der Waals surface area contributed by atoms with Crippen LogP contribution in [0.25, 0.3) is 11.3 Å². The molecule has 1 aromatic carbocycles. The fraction of sp³-hybridized carbons (Fsp3) is 0.412. The third-order valence-corrected chi connectivity index (χ3v) is 4.20. The van der Waals surface area contributed by atoms with Crippen molar-refractivity contribution in [3.05, 3.63) is 41.9 Å². The minimum Gasteiger partial charge on any atom is -0.443 e. The molecule has 3 N–H and O–H groups in total. The highest BCUT2D eigenvalue weighted by molar-refractivity contribution is 5.97. The Hall–Kier alpha value is -1.56. The Morgan fingerprint density at radius 3 is 2.42 bits per heavy atom. The number of hydrogen-bond acceptors (Lipinski definition) is 4. The lowest BCUT2D eigenvalue weighted by atomic mass is 9.92. The van der Waals surface area contributed by atoms with E-state index in [9.17, 15) is 4.79 Å². The fourth-order valence-corrected chi connectivity index (χ4v) is 2.83. The van der Waals surface area contributed by atoms with Gasteiger partial charge >= 0.3 is 0 Å². The summed E-state index contributed by atoms with van der Waals surface area (Å²) >= 11 is 0. The Balaban J connectivity index is 0.00000144. The van der Waals surface area contributed by atoms with E-state index in [1.165, 1.54) is 6.39 Å². The van der Waals surface area contributed by atoms with Crippen molar-refractivity contribution in [2.24, 2.45) is 5.73 Å². The Kier molecular flexibility index (Phi) is 7.73.